The maximum Gasteiger partial charge on any atom is 0.226 e. The number of hydrogen-bond acceptors (Lipinski definition) is 3. The van der Waals surface area contributed by atoms with Gasteiger partial charge < -0.3 is 15.4 Å². The molecule has 0 saturated heterocycles. The Morgan fingerprint density at radius 2 is 2.33 bits per heavy atom. The molecule has 2 N–H and O–H groups in total. The maximum atomic E-state index is 11.8. The minimum Gasteiger partial charge on any atom is -0.493 e. The highest BCUT2D eigenvalue weighted by Crippen LogP contribution is 2.14. The van der Waals surface area contributed by atoms with Gasteiger partial charge in [-0.2, -0.15) is 0 Å². The Hall–Kier alpha value is -1.97. The van der Waals surface area contributed by atoms with Crippen molar-refractivity contribution in [1.82, 2.24) is 4.90 Å². The number of ether oxygens (including phenoxy) is 1. The number of carbonyl (C=O) groups is 1. The molecule has 98 valence electrons. The number of likely N-dealkylation sites (N-methyl/N-ethyl adjacent to an activating group) is 1. The third-order valence-corrected chi connectivity index (χ3v) is 2.53. The van der Waals surface area contributed by atoms with E-state index in [0.29, 0.717) is 37.6 Å². The molecular weight excluding hydrogens is 228 g/mol. The molecule has 0 heterocycles. The van der Waals surface area contributed by atoms with Crippen LogP contribution in [0.25, 0.3) is 0 Å². The summed E-state index contributed by atoms with van der Waals surface area (Å²) in [5.41, 5.74) is 6.29. The summed E-state index contributed by atoms with van der Waals surface area (Å²) in [4.78, 5) is 13.5. The van der Waals surface area contributed by atoms with Crippen LogP contribution in [0.4, 0.5) is 5.69 Å². The molecular formula is C14H20N2O2. The third-order valence-electron chi connectivity index (χ3n) is 2.53. The van der Waals surface area contributed by atoms with E-state index >= 15 is 0 Å². The van der Waals surface area contributed by atoms with Crippen molar-refractivity contribution in [2.75, 3.05) is 25.4 Å². The van der Waals surface area contributed by atoms with Gasteiger partial charge in [0, 0.05) is 24.8 Å². The normalized spacial score (nSPS) is 9.83. The molecule has 1 aromatic carbocycles. The van der Waals surface area contributed by atoms with Crippen LogP contribution in [0.15, 0.2) is 36.9 Å². The van der Waals surface area contributed by atoms with Crippen LogP contribution in [0.3, 0.4) is 0 Å². The summed E-state index contributed by atoms with van der Waals surface area (Å²) < 4.78 is 5.48. The summed E-state index contributed by atoms with van der Waals surface area (Å²) >= 11 is 0. The molecule has 0 radical (unpaired) electrons. The molecule has 0 aromatic heterocycles. The zero-order valence-electron chi connectivity index (χ0n) is 10.8. The standard InChI is InChI=1S/C14H20N2O2/c1-3-9-16(4-2)14(17)8-10-18-13-7-5-6-12(15)11-13/h3,5-7,11H,1,4,8-10,15H2,2H3. The molecule has 1 aromatic rings. The second-order valence-electron chi connectivity index (χ2n) is 3.89. The lowest BCUT2D eigenvalue weighted by molar-refractivity contribution is -0.131. The van der Waals surface area contributed by atoms with Gasteiger partial charge in [-0.05, 0) is 19.1 Å². The van der Waals surface area contributed by atoms with E-state index in [-0.39, 0.29) is 5.91 Å². The minimum atomic E-state index is 0.0707. The second kappa shape index (κ2) is 7.37. The predicted octanol–water partition coefficient (Wildman–Crippen LogP) is 2.07. The first kappa shape index (κ1) is 14.1. The lowest BCUT2D eigenvalue weighted by Crippen LogP contribution is -2.31. The summed E-state index contributed by atoms with van der Waals surface area (Å²) in [6.45, 7) is 7.19. The fraction of sp³-hybridized carbons (Fsp3) is 0.357. The van der Waals surface area contributed by atoms with Crippen LogP contribution >= 0.6 is 0 Å². The molecule has 0 spiro atoms. The number of hydrogen-bond donors (Lipinski definition) is 1. The molecule has 18 heavy (non-hydrogen) atoms. The van der Waals surface area contributed by atoms with Gasteiger partial charge in [-0.25, -0.2) is 0 Å². The van der Waals surface area contributed by atoms with Gasteiger partial charge in [-0.1, -0.05) is 12.1 Å². The molecule has 0 aliphatic carbocycles. The number of rotatable bonds is 7. The molecule has 0 unspecified atom stereocenters. The average molecular weight is 248 g/mol. The largest absolute Gasteiger partial charge is 0.493 e. The molecule has 0 aliphatic heterocycles. The van der Waals surface area contributed by atoms with Crippen LogP contribution in [0.5, 0.6) is 5.75 Å². The Morgan fingerprint density at radius 1 is 1.56 bits per heavy atom. The van der Waals surface area contributed by atoms with Crippen LogP contribution in [0.1, 0.15) is 13.3 Å². The van der Waals surface area contributed by atoms with Crippen LogP contribution in [0.2, 0.25) is 0 Å². The van der Waals surface area contributed by atoms with Gasteiger partial charge in [-0.3, -0.25) is 4.79 Å². The molecule has 0 aliphatic rings. The fourth-order valence-electron chi connectivity index (χ4n) is 1.58. The Labute approximate surface area is 108 Å². The number of benzene rings is 1. The van der Waals surface area contributed by atoms with Gasteiger partial charge in [0.2, 0.25) is 5.91 Å². The number of nitrogens with two attached hydrogens (primary N) is 1. The topological polar surface area (TPSA) is 55.6 Å². The Kier molecular flexibility index (Phi) is 5.77. The molecule has 0 atom stereocenters. The first-order valence-electron chi connectivity index (χ1n) is 6.04. The SMILES string of the molecule is C=CCN(CC)C(=O)CCOc1cccc(N)c1. The van der Waals surface area contributed by atoms with E-state index in [4.69, 9.17) is 10.5 Å². The number of carbonyl (C=O) groups excluding carboxylic acids is 1. The molecule has 4 heteroatoms. The first-order chi connectivity index (χ1) is 8.67. The Morgan fingerprint density at radius 3 is 2.94 bits per heavy atom. The fourth-order valence-corrected chi connectivity index (χ4v) is 1.58. The highest BCUT2D eigenvalue weighted by Gasteiger charge is 2.09. The van der Waals surface area contributed by atoms with Crippen molar-refractivity contribution < 1.29 is 9.53 Å². The van der Waals surface area contributed by atoms with Crippen molar-refractivity contribution in [3.05, 3.63) is 36.9 Å². The van der Waals surface area contributed by atoms with Gasteiger partial charge >= 0.3 is 0 Å². The van der Waals surface area contributed by atoms with E-state index in [9.17, 15) is 4.79 Å². The number of amides is 1. The highest BCUT2D eigenvalue weighted by atomic mass is 16.5. The lowest BCUT2D eigenvalue weighted by Gasteiger charge is -2.18. The molecule has 0 fully saturated rings. The summed E-state index contributed by atoms with van der Waals surface area (Å²) in [5.74, 6) is 0.760. The molecule has 0 bridgehead atoms. The number of nitrogen functional groups attached to an aromatic ring is 1. The quantitative estimate of drug-likeness (QED) is 0.593. The van der Waals surface area contributed by atoms with Crippen LogP contribution in [-0.2, 0) is 4.79 Å². The van der Waals surface area contributed by atoms with E-state index in [1.54, 1.807) is 23.1 Å². The van der Waals surface area contributed by atoms with Crippen molar-refractivity contribution in [3.63, 3.8) is 0 Å². The van der Waals surface area contributed by atoms with Crippen molar-refractivity contribution in [2.45, 2.75) is 13.3 Å². The number of anilines is 1. The van der Waals surface area contributed by atoms with Gasteiger partial charge in [0.15, 0.2) is 0 Å². The molecule has 1 amide bonds. The smallest absolute Gasteiger partial charge is 0.226 e. The van der Waals surface area contributed by atoms with E-state index in [1.165, 1.54) is 0 Å². The van der Waals surface area contributed by atoms with Gasteiger partial charge in [0.1, 0.15) is 5.75 Å². The summed E-state index contributed by atoms with van der Waals surface area (Å²) in [6.07, 6.45) is 2.08. The van der Waals surface area contributed by atoms with Crippen molar-refractivity contribution in [3.8, 4) is 5.75 Å². The van der Waals surface area contributed by atoms with Gasteiger partial charge in [-0.15, -0.1) is 6.58 Å². The van der Waals surface area contributed by atoms with E-state index in [2.05, 4.69) is 6.58 Å². The maximum absolute atomic E-state index is 11.8. The van der Waals surface area contributed by atoms with Crippen molar-refractivity contribution in [2.24, 2.45) is 0 Å². The molecule has 4 nitrogen and oxygen atoms in total. The van der Waals surface area contributed by atoms with Crippen LogP contribution in [-0.4, -0.2) is 30.5 Å². The third kappa shape index (κ3) is 4.49. The van der Waals surface area contributed by atoms with Gasteiger partial charge in [0.25, 0.3) is 0 Å². The van der Waals surface area contributed by atoms with E-state index in [1.807, 2.05) is 19.1 Å². The van der Waals surface area contributed by atoms with Crippen LogP contribution < -0.4 is 10.5 Å². The highest BCUT2D eigenvalue weighted by molar-refractivity contribution is 5.76. The molecule has 1 rings (SSSR count). The minimum absolute atomic E-state index is 0.0707. The van der Waals surface area contributed by atoms with Gasteiger partial charge in [0.05, 0.1) is 13.0 Å². The summed E-state index contributed by atoms with van der Waals surface area (Å²) in [6, 6.07) is 7.18. The van der Waals surface area contributed by atoms with E-state index < -0.39 is 0 Å². The molecule has 0 saturated carbocycles. The second-order valence-corrected chi connectivity index (χ2v) is 3.89. The van der Waals surface area contributed by atoms with Crippen molar-refractivity contribution in [1.29, 1.82) is 0 Å². The Bertz CT molecular complexity index is 405. The van der Waals surface area contributed by atoms with Crippen molar-refractivity contribution >= 4 is 11.6 Å². The van der Waals surface area contributed by atoms with E-state index in [0.717, 1.165) is 0 Å². The van der Waals surface area contributed by atoms with Crippen LogP contribution in [0, 0.1) is 0 Å². The summed E-state index contributed by atoms with van der Waals surface area (Å²) in [5, 5.41) is 0. The lowest BCUT2D eigenvalue weighted by atomic mass is 10.3. The first-order valence-corrected chi connectivity index (χ1v) is 6.04. The monoisotopic (exact) mass is 248 g/mol. The zero-order valence-corrected chi connectivity index (χ0v) is 10.8. The Balaban J connectivity index is 2.37. The summed E-state index contributed by atoms with van der Waals surface area (Å²) in [7, 11) is 0. The predicted molar refractivity (Wildman–Crippen MR) is 73.4 cm³/mol. The zero-order chi connectivity index (χ0) is 13.4. The number of nitrogens with zero attached hydrogens (tertiary/aromatic N) is 1. The average Bonchev–Trinajstić information content (AvgIpc) is 2.36.